The Hall–Kier alpha value is -2.35. The molecule has 0 spiro atoms. The summed E-state index contributed by atoms with van der Waals surface area (Å²) in [7, 11) is 1.52. The maximum Gasteiger partial charge on any atom is 0.255 e. The van der Waals surface area contributed by atoms with Crippen LogP contribution >= 0.6 is 11.6 Å². The first-order valence-corrected chi connectivity index (χ1v) is 13.4. The Morgan fingerprint density at radius 2 is 1.92 bits per heavy atom. The van der Waals surface area contributed by atoms with Crippen LogP contribution in [0.1, 0.15) is 54.9 Å². The van der Waals surface area contributed by atoms with Crippen LogP contribution in [0.2, 0.25) is 5.02 Å². The number of nitrogen functional groups attached to an aromatic ring is 1. The van der Waals surface area contributed by atoms with E-state index in [9.17, 15) is 9.18 Å². The number of amides is 1. The van der Waals surface area contributed by atoms with E-state index < -0.39 is 0 Å². The SMILES string of the molecule is CCN(CCCCCN1CCC(CNC(=O)c2cc(Cl)c(N)cc2OC)CC1)Cc1ccc(F)cc1. The number of carbonyl (C=O) groups is 1. The van der Waals surface area contributed by atoms with Gasteiger partial charge in [-0.05, 0) is 88.1 Å². The van der Waals surface area contributed by atoms with Crippen LogP contribution in [0.4, 0.5) is 10.1 Å². The second-order valence-electron chi connectivity index (χ2n) is 9.62. The van der Waals surface area contributed by atoms with Crippen LogP contribution in [0.5, 0.6) is 5.75 Å². The molecule has 8 heteroatoms. The zero-order chi connectivity index (χ0) is 25.9. The van der Waals surface area contributed by atoms with E-state index >= 15 is 0 Å². The van der Waals surface area contributed by atoms with Crippen molar-refractivity contribution in [2.24, 2.45) is 5.92 Å². The van der Waals surface area contributed by atoms with Gasteiger partial charge in [0.2, 0.25) is 0 Å². The highest BCUT2D eigenvalue weighted by molar-refractivity contribution is 6.33. The van der Waals surface area contributed by atoms with Gasteiger partial charge in [-0.3, -0.25) is 9.69 Å². The molecule has 2 aromatic carbocycles. The van der Waals surface area contributed by atoms with Crippen molar-refractivity contribution in [2.45, 2.75) is 45.6 Å². The molecule has 0 bridgehead atoms. The maximum absolute atomic E-state index is 13.1. The molecule has 0 atom stereocenters. The molecule has 0 radical (unpaired) electrons. The number of ether oxygens (including phenoxy) is 1. The van der Waals surface area contributed by atoms with Gasteiger partial charge in [0, 0.05) is 19.2 Å². The van der Waals surface area contributed by atoms with Crippen molar-refractivity contribution in [1.82, 2.24) is 15.1 Å². The molecule has 3 N–H and O–H groups in total. The second-order valence-corrected chi connectivity index (χ2v) is 10.0. The Labute approximate surface area is 219 Å². The van der Waals surface area contributed by atoms with Crippen LogP contribution in [0, 0.1) is 11.7 Å². The molecule has 1 fully saturated rings. The quantitative estimate of drug-likeness (QED) is 0.281. The van der Waals surface area contributed by atoms with Gasteiger partial charge in [0.25, 0.3) is 5.91 Å². The lowest BCUT2D eigenvalue weighted by molar-refractivity contribution is 0.0933. The number of hydrogen-bond donors (Lipinski definition) is 2. The van der Waals surface area contributed by atoms with Gasteiger partial charge in [0.15, 0.2) is 0 Å². The number of nitrogens with zero attached hydrogens (tertiary/aromatic N) is 2. The third kappa shape index (κ3) is 8.64. The van der Waals surface area contributed by atoms with E-state index in [1.54, 1.807) is 12.1 Å². The van der Waals surface area contributed by atoms with Crippen LogP contribution in [0.15, 0.2) is 36.4 Å². The molecule has 0 saturated carbocycles. The molecule has 1 saturated heterocycles. The summed E-state index contributed by atoms with van der Waals surface area (Å²) in [5.41, 5.74) is 7.78. The summed E-state index contributed by atoms with van der Waals surface area (Å²) in [6, 6.07) is 9.97. The van der Waals surface area contributed by atoms with E-state index in [0.717, 1.165) is 57.7 Å². The minimum Gasteiger partial charge on any atom is -0.496 e. The zero-order valence-corrected chi connectivity index (χ0v) is 22.3. The predicted octanol–water partition coefficient (Wildman–Crippen LogP) is 5.20. The van der Waals surface area contributed by atoms with Crippen LogP contribution in [-0.2, 0) is 6.54 Å². The summed E-state index contributed by atoms with van der Waals surface area (Å²) < 4.78 is 18.4. The molecule has 1 heterocycles. The predicted molar refractivity (Wildman–Crippen MR) is 145 cm³/mol. The van der Waals surface area contributed by atoms with E-state index in [4.69, 9.17) is 22.1 Å². The van der Waals surface area contributed by atoms with Crippen LogP contribution in [0.3, 0.4) is 0 Å². The van der Waals surface area contributed by atoms with Crippen molar-refractivity contribution in [3.63, 3.8) is 0 Å². The van der Waals surface area contributed by atoms with E-state index in [2.05, 4.69) is 22.0 Å². The standard InChI is InChI=1S/C28H40ClFN4O2/c1-3-33(20-22-7-9-23(30)10-8-22)13-5-4-6-14-34-15-11-21(12-16-34)19-32-28(35)24-17-25(29)26(31)18-27(24)36-2/h7-10,17-18,21H,3-6,11-16,19-20,31H2,1-2H3,(H,32,35). The molecule has 2 aromatic rings. The first kappa shape index (κ1) is 28.2. The van der Waals surface area contributed by atoms with Crippen molar-refractivity contribution in [1.29, 1.82) is 0 Å². The minimum atomic E-state index is -0.184. The molecule has 1 aliphatic heterocycles. The van der Waals surface area contributed by atoms with Gasteiger partial charge < -0.3 is 20.7 Å². The number of nitrogens with two attached hydrogens (primary N) is 1. The Balaban J connectivity index is 1.29. The Kier molecular flexibility index (Phi) is 11.3. The maximum atomic E-state index is 13.1. The Morgan fingerprint density at radius 3 is 2.58 bits per heavy atom. The van der Waals surface area contributed by atoms with Crippen molar-refractivity contribution >= 4 is 23.2 Å². The van der Waals surface area contributed by atoms with Crippen LogP contribution in [0.25, 0.3) is 0 Å². The third-order valence-corrected chi connectivity index (χ3v) is 7.36. The fourth-order valence-corrected chi connectivity index (χ4v) is 4.87. The summed E-state index contributed by atoms with van der Waals surface area (Å²) in [6.07, 6.45) is 5.76. The third-order valence-electron chi connectivity index (χ3n) is 7.04. The number of unbranched alkanes of at least 4 members (excludes halogenated alkanes) is 2. The smallest absolute Gasteiger partial charge is 0.255 e. The van der Waals surface area contributed by atoms with E-state index in [0.29, 0.717) is 34.5 Å². The normalized spacial score (nSPS) is 14.8. The van der Waals surface area contributed by atoms with Gasteiger partial charge in [-0.1, -0.05) is 37.1 Å². The highest BCUT2D eigenvalue weighted by atomic mass is 35.5. The minimum absolute atomic E-state index is 0.181. The number of piperidine rings is 1. The number of anilines is 1. The molecule has 198 valence electrons. The van der Waals surface area contributed by atoms with E-state index in [-0.39, 0.29) is 11.7 Å². The lowest BCUT2D eigenvalue weighted by Crippen LogP contribution is -2.39. The largest absolute Gasteiger partial charge is 0.496 e. The van der Waals surface area contributed by atoms with Gasteiger partial charge in [0.05, 0.1) is 23.4 Å². The molecular weight excluding hydrogens is 479 g/mol. The monoisotopic (exact) mass is 518 g/mol. The number of likely N-dealkylation sites (tertiary alicyclic amines) is 1. The average Bonchev–Trinajstić information content (AvgIpc) is 2.89. The lowest BCUT2D eigenvalue weighted by atomic mass is 9.96. The number of rotatable bonds is 13. The molecule has 36 heavy (non-hydrogen) atoms. The highest BCUT2D eigenvalue weighted by Crippen LogP contribution is 2.29. The molecule has 1 amide bonds. The molecule has 3 rings (SSSR count). The highest BCUT2D eigenvalue weighted by Gasteiger charge is 2.21. The number of carbonyl (C=O) groups excluding carboxylic acids is 1. The number of benzene rings is 2. The van der Waals surface area contributed by atoms with Crippen molar-refractivity contribution in [2.75, 3.05) is 52.1 Å². The van der Waals surface area contributed by atoms with Crippen molar-refractivity contribution in [3.8, 4) is 5.75 Å². The van der Waals surface area contributed by atoms with Gasteiger partial charge in [-0.2, -0.15) is 0 Å². The number of nitrogens with one attached hydrogen (secondary N) is 1. The summed E-state index contributed by atoms with van der Waals surface area (Å²) in [5.74, 6) is 0.545. The first-order chi connectivity index (χ1) is 17.4. The molecule has 6 nitrogen and oxygen atoms in total. The zero-order valence-electron chi connectivity index (χ0n) is 21.6. The number of hydrogen-bond acceptors (Lipinski definition) is 5. The van der Waals surface area contributed by atoms with Crippen LogP contribution < -0.4 is 15.8 Å². The molecule has 0 aliphatic carbocycles. The van der Waals surface area contributed by atoms with Crippen molar-refractivity contribution in [3.05, 3.63) is 58.4 Å². The lowest BCUT2D eigenvalue weighted by Gasteiger charge is -2.32. The topological polar surface area (TPSA) is 70.8 Å². The van der Waals surface area contributed by atoms with E-state index in [1.807, 2.05) is 12.1 Å². The number of methoxy groups -OCH3 is 1. The average molecular weight is 519 g/mol. The van der Waals surface area contributed by atoms with Gasteiger partial charge in [-0.25, -0.2) is 4.39 Å². The summed E-state index contributed by atoms with van der Waals surface area (Å²) >= 11 is 6.09. The molecule has 0 unspecified atom stereocenters. The summed E-state index contributed by atoms with van der Waals surface area (Å²) in [4.78, 5) is 17.6. The number of halogens is 2. The van der Waals surface area contributed by atoms with Gasteiger partial charge >= 0.3 is 0 Å². The van der Waals surface area contributed by atoms with E-state index in [1.165, 1.54) is 38.5 Å². The second kappa shape index (κ2) is 14.4. The summed E-state index contributed by atoms with van der Waals surface area (Å²) in [6.45, 7) is 9.05. The van der Waals surface area contributed by atoms with Gasteiger partial charge in [-0.15, -0.1) is 0 Å². The molecule has 1 aliphatic rings. The van der Waals surface area contributed by atoms with Crippen LogP contribution in [-0.4, -0.2) is 62.1 Å². The summed E-state index contributed by atoms with van der Waals surface area (Å²) in [5, 5.41) is 3.39. The molecular formula is C28H40ClFN4O2. The Morgan fingerprint density at radius 1 is 1.19 bits per heavy atom. The fourth-order valence-electron chi connectivity index (χ4n) is 4.71. The fraction of sp³-hybridized carbons (Fsp3) is 0.536. The molecule has 0 aromatic heterocycles. The van der Waals surface area contributed by atoms with Crippen molar-refractivity contribution < 1.29 is 13.9 Å². The first-order valence-electron chi connectivity index (χ1n) is 13.0. The van der Waals surface area contributed by atoms with Gasteiger partial charge in [0.1, 0.15) is 11.6 Å². The Bertz CT molecular complexity index is 965.